The zero-order valence-electron chi connectivity index (χ0n) is 19.3. The van der Waals surface area contributed by atoms with Gasteiger partial charge < -0.3 is 5.32 Å². The van der Waals surface area contributed by atoms with E-state index < -0.39 is 35.4 Å². The molecule has 2 unspecified atom stereocenters. The lowest BCUT2D eigenvalue weighted by Crippen LogP contribution is -2.50. The molecule has 6 nitrogen and oxygen atoms in total. The van der Waals surface area contributed by atoms with E-state index in [1.165, 1.54) is 31.2 Å². The highest BCUT2D eigenvalue weighted by Gasteiger charge is 2.46. The lowest BCUT2D eigenvalue weighted by Gasteiger charge is -2.38. The van der Waals surface area contributed by atoms with Crippen molar-refractivity contribution in [3.8, 4) is 12.1 Å². The maximum atomic E-state index is 13.7. The van der Waals surface area contributed by atoms with Crippen LogP contribution in [0.3, 0.4) is 0 Å². The third kappa shape index (κ3) is 5.20. The number of carbonyl (C=O) groups is 2. The second-order valence-corrected chi connectivity index (χ2v) is 8.66. The van der Waals surface area contributed by atoms with Crippen molar-refractivity contribution in [3.63, 3.8) is 0 Å². The summed E-state index contributed by atoms with van der Waals surface area (Å²) in [7, 11) is 0. The normalized spacial score (nSPS) is 18.3. The van der Waals surface area contributed by atoms with Crippen molar-refractivity contribution < 1.29 is 22.8 Å². The van der Waals surface area contributed by atoms with Crippen LogP contribution in [-0.2, 0) is 15.8 Å². The average Bonchev–Trinajstić information content (AvgIpc) is 2.82. The monoisotopic (exact) mass is 480 g/mol. The Morgan fingerprint density at radius 3 is 2.31 bits per heavy atom. The van der Waals surface area contributed by atoms with Gasteiger partial charge in [-0.2, -0.15) is 23.7 Å². The second-order valence-electron chi connectivity index (χ2n) is 8.66. The first-order valence-electron chi connectivity index (χ1n) is 10.9. The van der Waals surface area contributed by atoms with Gasteiger partial charge in [0.15, 0.2) is 0 Å². The number of carbonyl (C=O) groups excluding carboxylic acids is 2. The highest BCUT2D eigenvalue weighted by atomic mass is 19.4. The number of nitriles is 2. The molecule has 2 aromatic rings. The molecule has 3 rings (SSSR count). The van der Waals surface area contributed by atoms with Crippen molar-refractivity contribution in [1.29, 1.82) is 10.5 Å². The number of amides is 2. The van der Waals surface area contributed by atoms with Crippen molar-refractivity contribution in [2.45, 2.75) is 32.9 Å². The predicted octanol–water partition coefficient (Wildman–Crippen LogP) is 4.89. The molecule has 0 spiro atoms. The van der Waals surface area contributed by atoms with Gasteiger partial charge in [0.05, 0.1) is 28.8 Å². The molecule has 1 N–H and O–H groups in total. The lowest BCUT2D eigenvalue weighted by atomic mass is 9.75. The summed E-state index contributed by atoms with van der Waals surface area (Å²) in [5.74, 6) is -3.64. The van der Waals surface area contributed by atoms with Gasteiger partial charge in [-0.05, 0) is 48.7 Å². The number of nitrogens with zero attached hydrogens (tertiary/aromatic N) is 3. The number of nitrogens with one attached hydrogen (secondary N) is 1. The van der Waals surface area contributed by atoms with Gasteiger partial charge in [-0.25, -0.2) is 0 Å². The van der Waals surface area contributed by atoms with Crippen LogP contribution in [-0.4, -0.2) is 18.4 Å². The van der Waals surface area contributed by atoms with Crippen molar-refractivity contribution >= 4 is 17.5 Å². The Kier molecular flexibility index (Phi) is 7.31. The zero-order chi connectivity index (χ0) is 25.9. The van der Waals surface area contributed by atoms with Crippen LogP contribution in [0.4, 0.5) is 18.9 Å². The Morgan fingerprint density at radius 2 is 1.77 bits per heavy atom. The molecule has 0 radical (unpaired) electrons. The summed E-state index contributed by atoms with van der Waals surface area (Å²) in [6.07, 6.45) is -4.64. The molecule has 2 amide bonds. The average molecular weight is 480 g/mol. The summed E-state index contributed by atoms with van der Waals surface area (Å²) in [4.78, 5) is 28.0. The first-order chi connectivity index (χ1) is 16.5. The van der Waals surface area contributed by atoms with Crippen LogP contribution in [0.1, 0.15) is 43.4 Å². The number of anilines is 1. The number of benzene rings is 2. The molecule has 0 bridgehead atoms. The first-order valence-corrected chi connectivity index (χ1v) is 10.9. The number of rotatable bonds is 5. The third-order valence-corrected chi connectivity index (χ3v) is 5.77. The van der Waals surface area contributed by atoms with Crippen LogP contribution >= 0.6 is 0 Å². The van der Waals surface area contributed by atoms with Gasteiger partial charge in [-0.1, -0.05) is 32.0 Å². The molecule has 0 saturated heterocycles. The Hall–Kier alpha value is -4.11. The van der Waals surface area contributed by atoms with E-state index in [1.807, 2.05) is 19.9 Å². The molecule has 2 aromatic carbocycles. The second kappa shape index (κ2) is 10.0. The molecule has 0 saturated carbocycles. The molecule has 35 heavy (non-hydrogen) atoms. The van der Waals surface area contributed by atoms with E-state index in [1.54, 1.807) is 12.1 Å². The first kappa shape index (κ1) is 25.5. The van der Waals surface area contributed by atoms with Gasteiger partial charge >= 0.3 is 6.18 Å². The summed E-state index contributed by atoms with van der Waals surface area (Å²) in [5.41, 5.74) is 0.0118. The van der Waals surface area contributed by atoms with E-state index in [9.17, 15) is 28.0 Å². The molecule has 1 heterocycles. The Bertz CT molecular complexity index is 1250. The number of alkyl halides is 3. The molecule has 0 aromatic heterocycles. The van der Waals surface area contributed by atoms with Crippen molar-refractivity contribution in [2.24, 2.45) is 11.8 Å². The fourth-order valence-electron chi connectivity index (χ4n) is 4.05. The van der Waals surface area contributed by atoms with Gasteiger partial charge in [-0.15, -0.1) is 0 Å². The van der Waals surface area contributed by atoms with E-state index >= 15 is 0 Å². The van der Waals surface area contributed by atoms with Crippen molar-refractivity contribution in [2.75, 3.05) is 11.4 Å². The molecule has 1 aliphatic rings. The van der Waals surface area contributed by atoms with Crippen LogP contribution in [0.5, 0.6) is 0 Å². The van der Waals surface area contributed by atoms with Crippen molar-refractivity contribution in [3.05, 3.63) is 76.5 Å². The van der Waals surface area contributed by atoms with E-state index in [-0.39, 0.29) is 29.4 Å². The lowest BCUT2D eigenvalue weighted by molar-refractivity contribution is -0.138. The van der Waals surface area contributed by atoms with Gasteiger partial charge in [0.25, 0.3) is 0 Å². The van der Waals surface area contributed by atoms with Crippen LogP contribution in [0.25, 0.3) is 0 Å². The fraction of sp³-hybridized carbons (Fsp3) is 0.308. The SMILES string of the molecule is CC1=C(C#N)C(c2ccc(C#N)cc2)C(C(=O)NCC(C)C)C(=O)N1c1cccc(C(F)(F)F)c1. The molecule has 0 fully saturated rings. The topological polar surface area (TPSA) is 97.0 Å². The maximum absolute atomic E-state index is 13.7. The van der Waals surface area contributed by atoms with Crippen LogP contribution in [0, 0.1) is 34.5 Å². The van der Waals surface area contributed by atoms with Crippen LogP contribution < -0.4 is 10.2 Å². The largest absolute Gasteiger partial charge is 0.416 e. The van der Waals surface area contributed by atoms with E-state index in [2.05, 4.69) is 11.4 Å². The number of hydrogen-bond donors (Lipinski definition) is 1. The van der Waals surface area contributed by atoms with Crippen molar-refractivity contribution in [1.82, 2.24) is 5.32 Å². The highest BCUT2D eigenvalue weighted by Crippen LogP contribution is 2.43. The molecular formula is C26H23F3N4O2. The Labute approximate surface area is 201 Å². The zero-order valence-corrected chi connectivity index (χ0v) is 19.3. The Balaban J connectivity index is 2.20. The fourth-order valence-corrected chi connectivity index (χ4v) is 4.05. The van der Waals surface area contributed by atoms with E-state index in [0.717, 1.165) is 17.0 Å². The summed E-state index contributed by atoms with van der Waals surface area (Å²) in [6.45, 7) is 5.49. The molecule has 180 valence electrons. The van der Waals surface area contributed by atoms with Gasteiger partial charge in [0.2, 0.25) is 11.8 Å². The minimum absolute atomic E-state index is 0.0800. The standard InChI is InChI=1S/C26H23F3N4O2/c1-15(2)14-32-24(34)23-22(18-9-7-17(12-30)8-10-18)21(13-31)16(3)33(25(23)35)20-6-4-5-19(11-20)26(27,28)29/h4-11,15,22-23H,14H2,1-3H3,(H,32,34). The summed E-state index contributed by atoms with van der Waals surface area (Å²) in [5, 5.41) is 21.9. The number of hydrogen-bond acceptors (Lipinski definition) is 4. The summed E-state index contributed by atoms with van der Waals surface area (Å²) >= 11 is 0. The van der Waals surface area contributed by atoms with Gasteiger partial charge in [0, 0.05) is 23.8 Å². The molecular weight excluding hydrogens is 457 g/mol. The molecule has 2 atom stereocenters. The van der Waals surface area contributed by atoms with Gasteiger partial charge in [-0.3, -0.25) is 14.5 Å². The summed E-state index contributed by atoms with van der Waals surface area (Å²) in [6, 6.07) is 14.4. The third-order valence-electron chi connectivity index (χ3n) is 5.77. The minimum Gasteiger partial charge on any atom is -0.355 e. The predicted molar refractivity (Wildman–Crippen MR) is 122 cm³/mol. The summed E-state index contributed by atoms with van der Waals surface area (Å²) < 4.78 is 40.0. The van der Waals surface area contributed by atoms with E-state index in [0.29, 0.717) is 11.1 Å². The van der Waals surface area contributed by atoms with Crippen LogP contribution in [0.2, 0.25) is 0 Å². The van der Waals surface area contributed by atoms with Gasteiger partial charge in [0.1, 0.15) is 5.92 Å². The molecule has 9 heteroatoms. The Morgan fingerprint density at radius 1 is 1.11 bits per heavy atom. The molecule has 0 aliphatic carbocycles. The quantitative estimate of drug-likeness (QED) is 0.616. The highest BCUT2D eigenvalue weighted by molar-refractivity contribution is 6.12. The van der Waals surface area contributed by atoms with Crippen LogP contribution in [0.15, 0.2) is 59.8 Å². The minimum atomic E-state index is -4.64. The van der Waals surface area contributed by atoms with E-state index in [4.69, 9.17) is 5.26 Å². The number of halogens is 3. The maximum Gasteiger partial charge on any atom is 0.416 e. The smallest absolute Gasteiger partial charge is 0.355 e. The molecule has 1 aliphatic heterocycles. The number of allylic oxidation sites excluding steroid dienone is 2.